The summed E-state index contributed by atoms with van der Waals surface area (Å²) in [6.07, 6.45) is 0. The first-order valence-corrected chi connectivity index (χ1v) is 2.84. The van der Waals surface area contributed by atoms with Crippen molar-refractivity contribution in [1.29, 1.82) is 0 Å². The van der Waals surface area contributed by atoms with Gasteiger partial charge in [0.15, 0.2) is 0 Å². The highest BCUT2D eigenvalue weighted by atomic mass is 16.5. The standard InChI is InChI=1S/C6H11BO2/c1-6(2,3)4-9-5(7)8/h4H2,1-3H3. The van der Waals surface area contributed by atoms with Gasteiger partial charge in [-0.2, -0.15) is 0 Å². The summed E-state index contributed by atoms with van der Waals surface area (Å²) in [6.45, 7) is 6.28. The van der Waals surface area contributed by atoms with E-state index in [-0.39, 0.29) is 5.41 Å². The zero-order valence-electron chi connectivity index (χ0n) is 6.10. The second kappa shape index (κ2) is 2.90. The number of carbonyl (C=O) groups is 1. The minimum Gasteiger partial charge on any atom is -0.474 e. The zero-order valence-corrected chi connectivity index (χ0v) is 6.10. The Labute approximate surface area is 57.0 Å². The van der Waals surface area contributed by atoms with Gasteiger partial charge in [-0.1, -0.05) is 20.8 Å². The number of ether oxygens (including phenoxy) is 1. The Morgan fingerprint density at radius 1 is 1.56 bits per heavy atom. The van der Waals surface area contributed by atoms with Crippen LogP contribution in [0.4, 0.5) is 4.79 Å². The van der Waals surface area contributed by atoms with Gasteiger partial charge in [-0.05, 0) is 5.41 Å². The molecule has 0 N–H and O–H groups in total. The molecule has 0 atom stereocenters. The van der Waals surface area contributed by atoms with Gasteiger partial charge in [0.2, 0.25) is 13.7 Å². The zero-order chi connectivity index (χ0) is 7.49. The molecule has 0 saturated carbocycles. The first-order valence-electron chi connectivity index (χ1n) is 2.84. The molecule has 0 spiro atoms. The minimum absolute atomic E-state index is 0.00896. The van der Waals surface area contributed by atoms with Crippen LogP contribution >= 0.6 is 0 Å². The van der Waals surface area contributed by atoms with Gasteiger partial charge in [-0.15, -0.1) is 0 Å². The molecule has 0 unspecified atom stereocenters. The lowest BCUT2D eigenvalue weighted by Crippen LogP contribution is -2.17. The first-order chi connectivity index (χ1) is 3.92. The lowest BCUT2D eigenvalue weighted by molar-refractivity contribution is 0.128. The largest absolute Gasteiger partial charge is 0.474 e. The van der Waals surface area contributed by atoms with Gasteiger partial charge in [-0.3, -0.25) is 4.79 Å². The van der Waals surface area contributed by atoms with E-state index < -0.39 is 5.87 Å². The van der Waals surface area contributed by atoms with Crippen molar-refractivity contribution in [2.75, 3.05) is 6.61 Å². The Bertz CT molecular complexity index is 104. The van der Waals surface area contributed by atoms with Crippen LogP contribution in [0.15, 0.2) is 0 Å². The van der Waals surface area contributed by atoms with E-state index in [0.29, 0.717) is 6.61 Å². The summed E-state index contributed by atoms with van der Waals surface area (Å²) in [5, 5.41) is 0. The van der Waals surface area contributed by atoms with Crippen molar-refractivity contribution in [3.05, 3.63) is 0 Å². The van der Waals surface area contributed by atoms with Gasteiger partial charge >= 0.3 is 0 Å². The highest BCUT2D eigenvalue weighted by Gasteiger charge is 2.10. The molecule has 0 aliphatic carbocycles. The molecule has 0 heterocycles. The molecule has 50 valence electrons. The summed E-state index contributed by atoms with van der Waals surface area (Å²) in [6, 6.07) is 0. The molecule has 0 saturated heterocycles. The van der Waals surface area contributed by atoms with Crippen molar-refractivity contribution in [3.63, 3.8) is 0 Å². The second-order valence-electron chi connectivity index (χ2n) is 3.17. The van der Waals surface area contributed by atoms with Crippen molar-refractivity contribution < 1.29 is 9.53 Å². The Morgan fingerprint density at radius 3 is 2.11 bits per heavy atom. The molecule has 9 heavy (non-hydrogen) atoms. The predicted octanol–water partition coefficient (Wildman–Crippen LogP) is 1.34. The molecule has 0 aromatic carbocycles. The van der Waals surface area contributed by atoms with Crippen LogP contribution in [0.5, 0.6) is 0 Å². The number of hydrogen-bond donors (Lipinski definition) is 0. The smallest absolute Gasteiger partial charge is 0.235 e. The first kappa shape index (κ1) is 8.53. The van der Waals surface area contributed by atoms with E-state index >= 15 is 0 Å². The molecular weight excluding hydrogens is 115 g/mol. The summed E-state index contributed by atoms with van der Waals surface area (Å²) in [4.78, 5) is 10.0. The summed E-state index contributed by atoms with van der Waals surface area (Å²) >= 11 is 0. The van der Waals surface area contributed by atoms with E-state index in [9.17, 15) is 4.79 Å². The lowest BCUT2D eigenvalue weighted by atomic mass is 9.98. The molecule has 0 aromatic rings. The second-order valence-corrected chi connectivity index (χ2v) is 3.17. The fourth-order valence-electron chi connectivity index (χ4n) is 0.288. The molecule has 0 aliphatic heterocycles. The topological polar surface area (TPSA) is 26.3 Å². The predicted molar refractivity (Wildman–Crippen MR) is 36.6 cm³/mol. The van der Waals surface area contributed by atoms with Crippen LogP contribution in [-0.2, 0) is 4.74 Å². The Morgan fingerprint density at radius 2 is 2.00 bits per heavy atom. The summed E-state index contributed by atoms with van der Waals surface area (Å²) < 4.78 is 4.55. The third-order valence-corrected chi connectivity index (χ3v) is 0.647. The van der Waals surface area contributed by atoms with Crippen LogP contribution in [0.25, 0.3) is 0 Å². The summed E-state index contributed by atoms with van der Waals surface area (Å²) in [5.74, 6) is -0.704. The van der Waals surface area contributed by atoms with Crippen LogP contribution in [0.3, 0.4) is 0 Å². The van der Waals surface area contributed by atoms with E-state index in [2.05, 4.69) is 4.74 Å². The molecule has 0 aliphatic rings. The van der Waals surface area contributed by atoms with Crippen molar-refractivity contribution in [1.82, 2.24) is 0 Å². The Hall–Kier alpha value is -0.465. The van der Waals surface area contributed by atoms with E-state index in [0.717, 1.165) is 0 Å². The number of hydrogen-bond acceptors (Lipinski definition) is 2. The highest BCUT2D eigenvalue weighted by molar-refractivity contribution is 6.55. The van der Waals surface area contributed by atoms with Crippen LogP contribution in [0, 0.1) is 5.41 Å². The Kier molecular flexibility index (Phi) is 2.75. The van der Waals surface area contributed by atoms with Gasteiger partial charge in [0.25, 0.3) is 0 Å². The fourth-order valence-corrected chi connectivity index (χ4v) is 0.288. The van der Waals surface area contributed by atoms with Crippen LogP contribution in [0.1, 0.15) is 20.8 Å². The van der Waals surface area contributed by atoms with Crippen molar-refractivity contribution in [2.45, 2.75) is 20.8 Å². The van der Waals surface area contributed by atoms with Gasteiger partial charge in [0, 0.05) is 0 Å². The Balaban J connectivity index is 3.39. The highest BCUT2D eigenvalue weighted by Crippen LogP contribution is 2.12. The van der Waals surface area contributed by atoms with E-state index in [1.165, 1.54) is 0 Å². The molecular formula is C6H11BO2. The van der Waals surface area contributed by atoms with Gasteiger partial charge in [-0.25, -0.2) is 0 Å². The maximum Gasteiger partial charge on any atom is 0.235 e. The molecule has 3 heteroatoms. The minimum atomic E-state index is -0.704. The third-order valence-electron chi connectivity index (χ3n) is 0.647. The maximum absolute atomic E-state index is 10.0. The van der Waals surface area contributed by atoms with Crippen molar-refractivity contribution >= 4 is 13.7 Å². The van der Waals surface area contributed by atoms with E-state index in [1.54, 1.807) is 0 Å². The third kappa shape index (κ3) is 7.53. The molecule has 0 aromatic heterocycles. The van der Waals surface area contributed by atoms with Crippen LogP contribution < -0.4 is 0 Å². The normalized spacial score (nSPS) is 11.0. The van der Waals surface area contributed by atoms with Crippen molar-refractivity contribution in [3.8, 4) is 0 Å². The van der Waals surface area contributed by atoms with Gasteiger partial charge < -0.3 is 4.74 Å². The average molecular weight is 126 g/mol. The number of rotatable bonds is 1. The molecule has 0 fully saturated rings. The molecule has 2 radical (unpaired) electrons. The van der Waals surface area contributed by atoms with Crippen molar-refractivity contribution in [2.24, 2.45) is 5.41 Å². The quantitative estimate of drug-likeness (QED) is 0.495. The van der Waals surface area contributed by atoms with Gasteiger partial charge in [0.1, 0.15) is 0 Å². The molecule has 2 nitrogen and oxygen atoms in total. The fraction of sp³-hybridized carbons (Fsp3) is 0.833. The van der Waals surface area contributed by atoms with Crippen LogP contribution in [-0.4, -0.2) is 20.3 Å². The molecule has 0 bridgehead atoms. The lowest BCUT2D eigenvalue weighted by Gasteiger charge is -2.16. The summed E-state index contributed by atoms with van der Waals surface area (Å²) in [7, 11) is 4.74. The summed E-state index contributed by atoms with van der Waals surface area (Å²) in [5.41, 5.74) is 0.00896. The molecule has 0 amide bonds. The molecule has 0 rings (SSSR count). The van der Waals surface area contributed by atoms with Crippen LogP contribution in [0.2, 0.25) is 0 Å². The maximum atomic E-state index is 10.0. The number of carbonyl (C=O) groups excluding carboxylic acids is 1. The SMILES string of the molecule is [B]C(=O)OCC(C)(C)C. The monoisotopic (exact) mass is 126 g/mol. The average Bonchev–Trinajstić information content (AvgIpc) is 1.59. The van der Waals surface area contributed by atoms with E-state index in [4.69, 9.17) is 7.85 Å². The van der Waals surface area contributed by atoms with Gasteiger partial charge in [0.05, 0.1) is 6.61 Å². The van der Waals surface area contributed by atoms with E-state index in [1.807, 2.05) is 20.8 Å².